The molecule has 7 nitrogen and oxygen atoms in total. The molecule has 28 heavy (non-hydrogen) atoms. The number of aryl methyl sites for hydroxylation is 1. The molecule has 0 spiro atoms. The number of anilines is 1. The fourth-order valence-corrected chi connectivity index (χ4v) is 2.92. The maximum Gasteiger partial charge on any atom is 0.287 e. The number of nitrogens with one attached hydrogen (secondary N) is 1. The second-order valence-corrected chi connectivity index (χ2v) is 6.85. The number of hydrazone groups is 1. The Kier molecular flexibility index (Phi) is 6.33. The van der Waals surface area contributed by atoms with E-state index in [0.29, 0.717) is 12.4 Å². The average Bonchev–Trinajstić information content (AvgIpc) is 2.68. The Morgan fingerprint density at radius 3 is 2.79 bits per heavy atom. The molecule has 0 bridgehead atoms. The molecule has 0 aliphatic rings. The third-order valence-electron chi connectivity index (χ3n) is 3.78. The Morgan fingerprint density at radius 2 is 2.11 bits per heavy atom. The van der Waals surface area contributed by atoms with Crippen LogP contribution in [0.25, 0.3) is 0 Å². The Hall–Kier alpha value is -3.26. The van der Waals surface area contributed by atoms with Crippen LogP contribution in [0.2, 0.25) is 0 Å². The zero-order valence-electron chi connectivity index (χ0n) is 15.0. The van der Waals surface area contributed by atoms with E-state index in [9.17, 15) is 10.1 Å². The SMILES string of the molecule is Cc1cccc(COc2ccc(/C=N/Nc3ccc([N+](=O)[O-])cn3)cc2Br)c1. The van der Waals surface area contributed by atoms with Gasteiger partial charge in [-0.25, -0.2) is 4.98 Å². The van der Waals surface area contributed by atoms with Crippen molar-refractivity contribution in [1.29, 1.82) is 0 Å². The Labute approximate surface area is 170 Å². The summed E-state index contributed by atoms with van der Waals surface area (Å²) < 4.78 is 6.68. The van der Waals surface area contributed by atoms with Crippen molar-refractivity contribution in [2.45, 2.75) is 13.5 Å². The molecule has 0 saturated carbocycles. The van der Waals surface area contributed by atoms with E-state index in [1.807, 2.05) is 43.3 Å². The first-order valence-electron chi connectivity index (χ1n) is 8.39. The van der Waals surface area contributed by atoms with Gasteiger partial charge >= 0.3 is 0 Å². The highest BCUT2D eigenvalue weighted by Crippen LogP contribution is 2.26. The first kappa shape index (κ1) is 19.5. The molecular weight excluding hydrogens is 424 g/mol. The molecule has 0 atom stereocenters. The maximum absolute atomic E-state index is 10.6. The van der Waals surface area contributed by atoms with E-state index in [1.165, 1.54) is 23.9 Å². The van der Waals surface area contributed by atoms with Gasteiger partial charge in [0.05, 0.1) is 15.6 Å². The number of pyridine rings is 1. The molecule has 8 heteroatoms. The van der Waals surface area contributed by atoms with Crippen LogP contribution in [0.1, 0.15) is 16.7 Å². The van der Waals surface area contributed by atoms with Crippen LogP contribution >= 0.6 is 15.9 Å². The Balaban J connectivity index is 1.58. The first-order chi connectivity index (χ1) is 13.5. The van der Waals surface area contributed by atoms with Crippen molar-refractivity contribution in [3.8, 4) is 5.75 Å². The van der Waals surface area contributed by atoms with E-state index >= 15 is 0 Å². The lowest BCUT2D eigenvalue weighted by Crippen LogP contribution is -1.97. The van der Waals surface area contributed by atoms with Gasteiger partial charge in [-0.2, -0.15) is 5.10 Å². The predicted octanol–water partition coefficient (Wildman–Crippen LogP) is 5.09. The van der Waals surface area contributed by atoms with Crippen LogP contribution in [0.3, 0.4) is 0 Å². The van der Waals surface area contributed by atoms with Crippen LogP contribution < -0.4 is 10.2 Å². The fraction of sp³-hybridized carbons (Fsp3) is 0.100. The van der Waals surface area contributed by atoms with Crippen LogP contribution in [0.15, 0.2) is 70.4 Å². The molecule has 3 aromatic rings. The monoisotopic (exact) mass is 440 g/mol. The van der Waals surface area contributed by atoms with Gasteiger partial charge in [-0.15, -0.1) is 0 Å². The number of hydrogen-bond acceptors (Lipinski definition) is 6. The van der Waals surface area contributed by atoms with Gasteiger partial charge in [-0.05, 0) is 58.2 Å². The molecule has 1 heterocycles. The number of ether oxygens (including phenoxy) is 1. The van der Waals surface area contributed by atoms with Crippen LogP contribution in [0.5, 0.6) is 5.75 Å². The quantitative estimate of drug-likeness (QED) is 0.314. The second kappa shape index (κ2) is 9.09. The van der Waals surface area contributed by atoms with Gasteiger partial charge in [0, 0.05) is 6.07 Å². The predicted molar refractivity (Wildman–Crippen MR) is 112 cm³/mol. The molecule has 0 aliphatic heterocycles. The Bertz CT molecular complexity index is 1010. The van der Waals surface area contributed by atoms with Gasteiger partial charge in [-0.1, -0.05) is 29.8 Å². The number of benzene rings is 2. The highest BCUT2D eigenvalue weighted by atomic mass is 79.9. The van der Waals surface area contributed by atoms with Crippen molar-refractivity contribution in [2.24, 2.45) is 5.10 Å². The highest BCUT2D eigenvalue weighted by molar-refractivity contribution is 9.10. The van der Waals surface area contributed by atoms with Crippen molar-refractivity contribution in [3.05, 3.63) is 92.1 Å². The van der Waals surface area contributed by atoms with Crippen molar-refractivity contribution < 1.29 is 9.66 Å². The van der Waals surface area contributed by atoms with E-state index in [1.54, 1.807) is 6.21 Å². The number of nitro groups is 1. The van der Waals surface area contributed by atoms with E-state index in [0.717, 1.165) is 21.3 Å². The molecule has 1 aromatic heterocycles. The van der Waals surface area contributed by atoms with Crippen LogP contribution in [0.4, 0.5) is 11.5 Å². The molecular formula is C20H17BrN4O3. The lowest BCUT2D eigenvalue weighted by molar-refractivity contribution is -0.385. The van der Waals surface area contributed by atoms with Gasteiger partial charge in [0.15, 0.2) is 0 Å². The highest BCUT2D eigenvalue weighted by Gasteiger charge is 2.05. The van der Waals surface area contributed by atoms with Crippen LogP contribution in [-0.2, 0) is 6.61 Å². The minimum atomic E-state index is -0.500. The minimum Gasteiger partial charge on any atom is -0.488 e. The molecule has 142 valence electrons. The summed E-state index contributed by atoms with van der Waals surface area (Å²) in [6.45, 7) is 2.54. The largest absolute Gasteiger partial charge is 0.488 e. The Morgan fingerprint density at radius 1 is 1.25 bits per heavy atom. The van der Waals surface area contributed by atoms with Gasteiger partial charge < -0.3 is 4.74 Å². The number of rotatable bonds is 7. The lowest BCUT2D eigenvalue weighted by Gasteiger charge is -2.09. The summed E-state index contributed by atoms with van der Waals surface area (Å²) in [5, 5.41) is 14.7. The molecule has 0 radical (unpaired) electrons. The molecule has 3 rings (SSSR count). The third kappa shape index (κ3) is 5.37. The normalized spacial score (nSPS) is 10.8. The number of aromatic nitrogens is 1. The van der Waals surface area contributed by atoms with Crippen LogP contribution in [0, 0.1) is 17.0 Å². The van der Waals surface area contributed by atoms with Crippen molar-refractivity contribution in [1.82, 2.24) is 4.98 Å². The average molecular weight is 441 g/mol. The van der Waals surface area contributed by atoms with Gasteiger partial charge in [0.25, 0.3) is 5.69 Å². The van der Waals surface area contributed by atoms with Crippen molar-refractivity contribution in [2.75, 3.05) is 5.43 Å². The van der Waals surface area contributed by atoms with Gasteiger partial charge in [-0.3, -0.25) is 15.5 Å². The summed E-state index contributed by atoms with van der Waals surface area (Å²) in [5.74, 6) is 1.16. The zero-order chi connectivity index (χ0) is 19.9. The summed E-state index contributed by atoms with van der Waals surface area (Å²) in [6.07, 6.45) is 2.80. The summed E-state index contributed by atoms with van der Waals surface area (Å²) in [4.78, 5) is 14.0. The van der Waals surface area contributed by atoms with Crippen LogP contribution in [-0.4, -0.2) is 16.1 Å². The number of nitrogens with zero attached hydrogens (tertiary/aromatic N) is 3. The molecule has 0 unspecified atom stereocenters. The fourth-order valence-electron chi connectivity index (χ4n) is 2.41. The maximum atomic E-state index is 10.6. The smallest absolute Gasteiger partial charge is 0.287 e. The van der Waals surface area contributed by atoms with Crippen molar-refractivity contribution >= 4 is 33.6 Å². The molecule has 0 amide bonds. The number of hydrogen-bond donors (Lipinski definition) is 1. The van der Waals surface area contributed by atoms with E-state index in [-0.39, 0.29) is 5.69 Å². The number of halogens is 1. The molecule has 2 aromatic carbocycles. The standard InChI is InChI=1S/C20H17BrN4O3/c1-14-3-2-4-16(9-14)13-28-19-7-5-15(10-18(19)21)11-23-24-20-8-6-17(12-22-20)25(26)27/h2-12H,13H2,1H3,(H,22,24)/b23-11+. The first-order valence-corrected chi connectivity index (χ1v) is 9.18. The topological polar surface area (TPSA) is 89.6 Å². The van der Waals surface area contributed by atoms with Crippen molar-refractivity contribution in [3.63, 3.8) is 0 Å². The zero-order valence-corrected chi connectivity index (χ0v) is 16.6. The molecule has 0 fully saturated rings. The summed E-state index contributed by atoms with van der Waals surface area (Å²) in [6, 6.07) is 16.7. The summed E-state index contributed by atoms with van der Waals surface area (Å²) in [7, 11) is 0. The van der Waals surface area contributed by atoms with Gasteiger partial charge in [0.2, 0.25) is 0 Å². The van der Waals surface area contributed by atoms with E-state index in [4.69, 9.17) is 4.74 Å². The third-order valence-corrected chi connectivity index (χ3v) is 4.40. The second-order valence-electron chi connectivity index (χ2n) is 6.00. The molecule has 0 aliphatic carbocycles. The lowest BCUT2D eigenvalue weighted by atomic mass is 10.1. The minimum absolute atomic E-state index is 0.0697. The van der Waals surface area contributed by atoms with E-state index in [2.05, 4.69) is 37.5 Å². The van der Waals surface area contributed by atoms with Gasteiger partial charge in [0.1, 0.15) is 24.4 Å². The molecule has 1 N–H and O–H groups in total. The summed E-state index contributed by atoms with van der Waals surface area (Å²) in [5.41, 5.74) is 5.82. The summed E-state index contributed by atoms with van der Waals surface area (Å²) >= 11 is 3.51. The van der Waals surface area contributed by atoms with E-state index < -0.39 is 4.92 Å². The molecule has 0 saturated heterocycles.